The lowest BCUT2D eigenvalue weighted by molar-refractivity contribution is 0.130. The Balaban J connectivity index is 2.13. The summed E-state index contributed by atoms with van der Waals surface area (Å²) < 4.78 is 14.4. The van der Waals surface area contributed by atoms with Gasteiger partial charge in [0.25, 0.3) is 5.89 Å². The minimum Gasteiger partial charge on any atom is -0.380 e. The van der Waals surface area contributed by atoms with E-state index in [1.54, 1.807) is 0 Å². The maximum atomic E-state index is 5.91. The first-order valence-corrected chi connectivity index (χ1v) is 7.02. The van der Waals surface area contributed by atoms with Gasteiger partial charge in [0, 0.05) is 6.61 Å². The van der Waals surface area contributed by atoms with Gasteiger partial charge in [-0.15, -0.1) is 5.10 Å². The molecule has 8 heteroatoms. The summed E-state index contributed by atoms with van der Waals surface area (Å²) in [5.41, 5.74) is 6.80. The van der Waals surface area contributed by atoms with E-state index in [0.717, 1.165) is 23.4 Å². The summed E-state index contributed by atoms with van der Waals surface area (Å²) in [6.45, 7) is 4.98. The topological polar surface area (TPSA) is 100.0 Å². The number of nitrogens with two attached hydrogens (primary N) is 1. The van der Waals surface area contributed by atoms with Crippen molar-refractivity contribution >= 4 is 11.5 Å². The summed E-state index contributed by atoms with van der Waals surface area (Å²) in [5, 5.41) is 7.96. The summed E-state index contributed by atoms with van der Waals surface area (Å²) in [6.07, 6.45) is 1.83. The van der Waals surface area contributed by atoms with E-state index in [9.17, 15) is 0 Å². The molecule has 0 saturated carbocycles. The molecule has 0 bridgehead atoms. The highest BCUT2D eigenvalue weighted by Crippen LogP contribution is 2.26. The highest BCUT2D eigenvalue weighted by molar-refractivity contribution is 7.09. The first kappa shape index (κ1) is 14.0. The molecule has 0 spiro atoms. The van der Waals surface area contributed by atoms with Gasteiger partial charge in [0.05, 0.1) is 18.3 Å². The number of nitrogens with zero attached hydrogens (tertiary/aromatic N) is 4. The summed E-state index contributed by atoms with van der Waals surface area (Å²) in [7, 11) is 0. The molecule has 1 atom stereocenters. The van der Waals surface area contributed by atoms with E-state index < -0.39 is 0 Å². The van der Waals surface area contributed by atoms with Gasteiger partial charge in [0.2, 0.25) is 0 Å². The minimum absolute atomic E-state index is 0.373. The quantitative estimate of drug-likeness (QED) is 0.823. The average molecular weight is 283 g/mol. The maximum Gasteiger partial charge on any atom is 0.271 e. The Morgan fingerprint density at radius 1 is 1.42 bits per heavy atom. The molecule has 104 valence electrons. The Bertz CT molecular complexity index is 513. The number of rotatable bonds is 7. The third kappa shape index (κ3) is 3.34. The predicted octanol–water partition coefficient (Wildman–Crippen LogP) is 1.58. The van der Waals surface area contributed by atoms with Gasteiger partial charge in [0.15, 0.2) is 5.82 Å². The van der Waals surface area contributed by atoms with Crippen molar-refractivity contribution in [2.75, 3.05) is 13.2 Å². The monoisotopic (exact) mass is 283 g/mol. The summed E-state index contributed by atoms with van der Waals surface area (Å²) in [4.78, 5) is 5.12. The van der Waals surface area contributed by atoms with Gasteiger partial charge in [-0.3, -0.25) is 0 Å². The Morgan fingerprint density at radius 3 is 3.00 bits per heavy atom. The predicted molar refractivity (Wildman–Crippen MR) is 70.6 cm³/mol. The maximum absolute atomic E-state index is 5.91. The normalized spacial score (nSPS) is 12.8. The van der Waals surface area contributed by atoms with Gasteiger partial charge >= 0.3 is 0 Å². The van der Waals surface area contributed by atoms with E-state index in [1.165, 1.54) is 11.5 Å². The van der Waals surface area contributed by atoms with Crippen molar-refractivity contribution in [3.05, 3.63) is 11.5 Å². The largest absolute Gasteiger partial charge is 0.380 e. The second kappa shape index (κ2) is 6.69. The summed E-state index contributed by atoms with van der Waals surface area (Å²) in [5.74, 6) is 0.875. The van der Waals surface area contributed by atoms with Gasteiger partial charge in [-0.1, -0.05) is 23.0 Å². The fourth-order valence-electron chi connectivity index (χ4n) is 1.57. The number of hydrogen-bond donors (Lipinski definition) is 1. The van der Waals surface area contributed by atoms with Gasteiger partial charge in [0.1, 0.15) is 4.88 Å². The van der Waals surface area contributed by atoms with Crippen LogP contribution in [-0.2, 0) is 11.2 Å². The highest BCUT2D eigenvalue weighted by Gasteiger charge is 2.19. The van der Waals surface area contributed by atoms with Crippen molar-refractivity contribution in [2.45, 2.75) is 32.7 Å². The van der Waals surface area contributed by atoms with Crippen LogP contribution in [0, 0.1) is 0 Å². The van der Waals surface area contributed by atoms with Crippen molar-refractivity contribution < 1.29 is 9.26 Å². The van der Waals surface area contributed by atoms with Crippen LogP contribution < -0.4 is 5.73 Å². The van der Waals surface area contributed by atoms with Gasteiger partial charge in [-0.05, 0) is 24.9 Å². The number of aryl methyl sites for hydroxylation is 1. The minimum atomic E-state index is -0.382. The van der Waals surface area contributed by atoms with E-state index in [-0.39, 0.29) is 6.04 Å². The molecule has 0 radical (unpaired) electrons. The Morgan fingerprint density at radius 2 is 2.26 bits per heavy atom. The fourth-order valence-corrected chi connectivity index (χ4v) is 2.20. The molecule has 1 unspecified atom stereocenters. The van der Waals surface area contributed by atoms with Crippen molar-refractivity contribution in [3.8, 4) is 10.8 Å². The van der Waals surface area contributed by atoms with Crippen molar-refractivity contribution in [1.82, 2.24) is 19.7 Å². The van der Waals surface area contributed by atoms with E-state index >= 15 is 0 Å². The third-order valence-electron chi connectivity index (χ3n) is 2.51. The number of ether oxygens (including phenoxy) is 1. The first-order chi connectivity index (χ1) is 9.26. The van der Waals surface area contributed by atoms with E-state index in [1.807, 2.05) is 6.92 Å². The molecule has 7 nitrogen and oxygen atoms in total. The van der Waals surface area contributed by atoms with Crippen LogP contribution in [-0.4, -0.2) is 32.9 Å². The zero-order valence-electron chi connectivity index (χ0n) is 11.0. The van der Waals surface area contributed by atoms with Gasteiger partial charge < -0.3 is 15.0 Å². The lowest BCUT2D eigenvalue weighted by Gasteiger charge is -2.05. The van der Waals surface area contributed by atoms with Crippen molar-refractivity contribution in [2.24, 2.45) is 5.73 Å². The molecular formula is C11H17N5O2S. The molecule has 2 rings (SSSR count). The Kier molecular flexibility index (Phi) is 4.94. The molecule has 0 amide bonds. The fraction of sp³-hybridized carbons (Fsp3) is 0.636. The molecule has 0 saturated heterocycles. The van der Waals surface area contributed by atoms with Crippen molar-refractivity contribution in [3.63, 3.8) is 0 Å². The SMILES string of the molecule is CCCc1nnsc1-c1nc(C(N)COCC)no1. The molecule has 2 N–H and O–H groups in total. The van der Waals surface area contributed by atoms with Crippen LogP contribution in [0.15, 0.2) is 4.52 Å². The molecule has 0 aliphatic rings. The lowest BCUT2D eigenvalue weighted by Crippen LogP contribution is -2.18. The summed E-state index contributed by atoms with van der Waals surface area (Å²) >= 11 is 1.26. The standard InChI is InChI=1S/C11H17N5O2S/c1-3-5-8-9(19-16-14-8)11-13-10(15-18-11)7(12)6-17-4-2/h7H,3-6,12H2,1-2H3. The smallest absolute Gasteiger partial charge is 0.271 e. The van der Waals surface area contributed by atoms with Crippen molar-refractivity contribution in [1.29, 1.82) is 0 Å². The van der Waals surface area contributed by atoms with Crippen LogP contribution in [0.3, 0.4) is 0 Å². The molecule has 0 aliphatic carbocycles. The van der Waals surface area contributed by atoms with E-state index in [4.69, 9.17) is 15.0 Å². The molecule has 0 aliphatic heterocycles. The zero-order valence-corrected chi connectivity index (χ0v) is 11.8. The molecule has 2 aromatic rings. The van der Waals surface area contributed by atoms with Crippen LogP contribution in [0.25, 0.3) is 10.8 Å². The zero-order chi connectivity index (χ0) is 13.7. The molecular weight excluding hydrogens is 266 g/mol. The Labute approximate surface area is 115 Å². The summed E-state index contributed by atoms with van der Waals surface area (Å²) in [6, 6.07) is -0.382. The number of hydrogen-bond acceptors (Lipinski definition) is 8. The molecule has 19 heavy (non-hydrogen) atoms. The van der Waals surface area contributed by atoms with Gasteiger partial charge in [-0.2, -0.15) is 4.98 Å². The Hall–Kier alpha value is -1.38. The van der Waals surface area contributed by atoms with Crippen LogP contribution >= 0.6 is 11.5 Å². The van der Waals surface area contributed by atoms with Crippen LogP contribution in [0.4, 0.5) is 0 Å². The van der Waals surface area contributed by atoms with Crippen LogP contribution in [0.1, 0.15) is 37.8 Å². The highest BCUT2D eigenvalue weighted by atomic mass is 32.1. The molecule has 0 aromatic carbocycles. The lowest BCUT2D eigenvalue weighted by atomic mass is 10.2. The second-order valence-electron chi connectivity index (χ2n) is 4.02. The van der Waals surface area contributed by atoms with E-state index in [0.29, 0.717) is 24.9 Å². The first-order valence-electron chi connectivity index (χ1n) is 6.24. The molecule has 0 fully saturated rings. The molecule has 2 aromatic heterocycles. The molecule has 2 heterocycles. The van der Waals surface area contributed by atoms with Gasteiger partial charge in [-0.25, -0.2) is 0 Å². The van der Waals surface area contributed by atoms with Crippen LogP contribution in [0.2, 0.25) is 0 Å². The second-order valence-corrected chi connectivity index (χ2v) is 4.78. The number of aromatic nitrogens is 4. The van der Waals surface area contributed by atoms with Crippen LogP contribution in [0.5, 0.6) is 0 Å². The van der Waals surface area contributed by atoms with E-state index in [2.05, 4.69) is 26.7 Å². The average Bonchev–Trinajstić information content (AvgIpc) is 3.04. The third-order valence-corrected chi connectivity index (χ3v) is 3.27.